The zero-order chi connectivity index (χ0) is 22.4. The highest BCUT2D eigenvalue weighted by molar-refractivity contribution is 5.96. The van der Waals surface area contributed by atoms with E-state index >= 15 is 0 Å². The van der Waals surface area contributed by atoms with Crippen molar-refractivity contribution < 1.29 is 23.2 Å². The summed E-state index contributed by atoms with van der Waals surface area (Å²) in [5.41, 5.74) is 0.566. The maximum Gasteiger partial charge on any atom is 0.244 e. The molecule has 0 aliphatic carbocycles. The molecule has 1 fully saturated rings. The molecule has 2 aromatic rings. The molecule has 1 aliphatic heterocycles. The van der Waals surface area contributed by atoms with Crippen molar-refractivity contribution in [3.05, 3.63) is 65.7 Å². The molecule has 31 heavy (non-hydrogen) atoms. The SMILES string of the molecule is CCN(CC(=O)Nc1c(F)cccc1F)C(=O)[C@@H]1CC(=O)N(CCc2ccccc2)C1. The largest absolute Gasteiger partial charge is 0.342 e. The van der Waals surface area contributed by atoms with Crippen LogP contribution >= 0.6 is 0 Å². The molecule has 0 unspecified atom stereocenters. The van der Waals surface area contributed by atoms with Crippen LogP contribution in [0.5, 0.6) is 0 Å². The first-order valence-corrected chi connectivity index (χ1v) is 10.2. The second-order valence-electron chi connectivity index (χ2n) is 7.47. The number of carbonyl (C=O) groups is 3. The van der Waals surface area contributed by atoms with Gasteiger partial charge in [0.05, 0.1) is 12.5 Å². The summed E-state index contributed by atoms with van der Waals surface area (Å²) in [6, 6.07) is 13.0. The Morgan fingerprint density at radius 3 is 2.42 bits per heavy atom. The first-order chi connectivity index (χ1) is 14.9. The van der Waals surface area contributed by atoms with E-state index in [1.807, 2.05) is 30.3 Å². The summed E-state index contributed by atoms with van der Waals surface area (Å²) in [5, 5.41) is 2.18. The van der Waals surface area contributed by atoms with Gasteiger partial charge in [0.1, 0.15) is 17.3 Å². The van der Waals surface area contributed by atoms with E-state index in [1.165, 1.54) is 11.0 Å². The van der Waals surface area contributed by atoms with Crippen molar-refractivity contribution in [2.24, 2.45) is 5.92 Å². The third kappa shape index (κ3) is 5.65. The molecule has 6 nitrogen and oxygen atoms in total. The predicted octanol–water partition coefficient (Wildman–Crippen LogP) is 2.84. The van der Waals surface area contributed by atoms with Crippen LogP contribution in [0.15, 0.2) is 48.5 Å². The van der Waals surface area contributed by atoms with Gasteiger partial charge in [-0.25, -0.2) is 8.78 Å². The second kappa shape index (κ2) is 10.1. The second-order valence-corrected chi connectivity index (χ2v) is 7.47. The Morgan fingerprint density at radius 1 is 1.10 bits per heavy atom. The lowest BCUT2D eigenvalue weighted by atomic mass is 10.1. The van der Waals surface area contributed by atoms with Gasteiger partial charge in [-0.1, -0.05) is 36.4 Å². The number of rotatable bonds is 8. The standard InChI is InChI=1S/C23H25F2N3O3/c1-2-27(15-20(29)26-22-18(24)9-6-10-19(22)25)23(31)17-13-21(30)28(14-17)12-11-16-7-4-3-5-8-16/h3-10,17H,2,11-15H2,1H3,(H,26,29)/t17-/m1/s1. The van der Waals surface area contributed by atoms with E-state index in [1.54, 1.807) is 11.8 Å². The van der Waals surface area contributed by atoms with Gasteiger partial charge in [0, 0.05) is 26.1 Å². The molecular weight excluding hydrogens is 404 g/mol. The maximum absolute atomic E-state index is 13.7. The van der Waals surface area contributed by atoms with Gasteiger partial charge in [0.2, 0.25) is 17.7 Å². The van der Waals surface area contributed by atoms with Crippen LogP contribution in [-0.4, -0.2) is 53.7 Å². The number of hydrogen-bond acceptors (Lipinski definition) is 3. The van der Waals surface area contributed by atoms with Gasteiger partial charge in [0.25, 0.3) is 0 Å². The van der Waals surface area contributed by atoms with Crippen LogP contribution in [0.3, 0.4) is 0 Å². The molecule has 8 heteroatoms. The maximum atomic E-state index is 13.7. The molecule has 1 saturated heterocycles. The minimum atomic E-state index is -0.891. The average Bonchev–Trinajstić information content (AvgIpc) is 3.14. The zero-order valence-electron chi connectivity index (χ0n) is 17.3. The highest BCUT2D eigenvalue weighted by atomic mass is 19.1. The third-order valence-electron chi connectivity index (χ3n) is 5.33. The van der Waals surface area contributed by atoms with E-state index in [2.05, 4.69) is 5.32 Å². The Morgan fingerprint density at radius 2 is 1.77 bits per heavy atom. The van der Waals surface area contributed by atoms with Gasteiger partial charge in [0.15, 0.2) is 0 Å². The highest BCUT2D eigenvalue weighted by Crippen LogP contribution is 2.21. The molecule has 0 spiro atoms. The lowest BCUT2D eigenvalue weighted by Gasteiger charge is -2.24. The molecular formula is C23H25F2N3O3. The fourth-order valence-electron chi connectivity index (χ4n) is 3.64. The first kappa shape index (κ1) is 22.4. The molecule has 0 saturated carbocycles. The van der Waals surface area contributed by atoms with Crippen molar-refractivity contribution in [3.8, 4) is 0 Å². The number of nitrogens with zero attached hydrogens (tertiary/aromatic N) is 2. The quantitative estimate of drug-likeness (QED) is 0.702. The lowest BCUT2D eigenvalue weighted by Crippen LogP contribution is -2.42. The van der Waals surface area contributed by atoms with Crippen LogP contribution in [0.4, 0.5) is 14.5 Å². The molecule has 1 atom stereocenters. The van der Waals surface area contributed by atoms with E-state index in [-0.39, 0.29) is 31.3 Å². The Balaban J connectivity index is 1.56. The summed E-state index contributed by atoms with van der Waals surface area (Å²) >= 11 is 0. The van der Waals surface area contributed by atoms with E-state index < -0.39 is 29.1 Å². The van der Waals surface area contributed by atoms with E-state index in [0.717, 1.165) is 17.7 Å². The number of nitrogens with one attached hydrogen (secondary N) is 1. The monoisotopic (exact) mass is 429 g/mol. The molecule has 3 rings (SSSR count). The van der Waals surface area contributed by atoms with Crippen LogP contribution < -0.4 is 5.32 Å². The Bertz CT molecular complexity index is 932. The molecule has 1 N–H and O–H groups in total. The van der Waals surface area contributed by atoms with Crippen LogP contribution in [0.2, 0.25) is 0 Å². The molecule has 1 heterocycles. The number of likely N-dealkylation sites (N-methyl/N-ethyl adjacent to an activating group) is 1. The molecule has 2 aromatic carbocycles. The zero-order valence-corrected chi connectivity index (χ0v) is 17.3. The Hall–Kier alpha value is -3.29. The third-order valence-corrected chi connectivity index (χ3v) is 5.33. The van der Waals surface area contributed by atoms with Crippen molar-refractivity contribution in [3.63, 3.8) is 0 Å². The molecule has 1 aliphatic rings. The van der Waals surface area contributed by atoms with Crippen LogP contribution in [-0.2, 0) is 20.8 Å². The number of hydrogen-bond donors (Lipinski definition) is 1. The molecule has 0 aromatic heterocycles. The van der Waals surface area contributed by atoms with Gasteiger partial charge in [-0.05, 0) is 31.0 Å². The number of benzene rings is 2. The van der Waals surface area contributed by atoms with Crippen LogP contribution in [0.1, 0.15) is 18.9 Å². The fraction of sp³-hybridized carbons (Fsp3) is 0.348. The average molecular weight is 429 g/mol. The summed E-state index contributed by atoms with van der Waals surface area (Å²) in [6.45, 7) is 2.41. The number of halogens is 2. The first-order valence-electron chi connectivity index (χ1n) is 10.2. The highest BCUT2D eigenvalue weighted by Gasteiger charge is 2.36. The predicted molar refractivity (Wildman–Crippen MR) is 112 cm³/mol. The summed E-state index contributed by atoms with van der Waals surface area (Å²) in [6.07, 6.45) is 0.787. The summed E-state index contributed by atoms with van der Waals surface area (Å²) < 4.78 is 27.5. The van der Waals surface area contributed by atoms with Crippen LogP contribution in [0, 0.1) is 17.6 Å². The van der Waals surface area contributed by atoms with Crippen LogP contribution in [0.25, 0.3) is 0 Å². The van der Waals surface area contributed by atoms with Gasteiger partial charge >= 0.3 is 0 Å². The van der Waals surface area contributed by atoms with E-state index in [0.29, 0.717) is 19.5 Å². The number of likely N-dealkylation sites (tertiary alicyclic amines) is 1. The van der Waals surface area contributed by atoms with E-state index in [4.69, 9.17) is 0 Å². The van der Waals surface area contributed by atoms with Crippen molar-refractivity contribution in [2.75, 3.05) is 31.5 Å². The molecule has 164 valence electrons. The normalized spacial score (nSPS) is 15.8. The van der Waals surface area contributed by atoms with Crippen molar-refractivity contribution >= 4 is 23.4 Å². The molecule has 0 radical (unpaired) electrons. The van der Waals surface area contributed by atoms with E-state index in [9.17, 15) is 23.2 Å². The number of anilines is 1. The molecule has 3 amide bonds. The Kier molecular flexibility index (Phi) is 7.33. The number of para-hydroxylation sites is 1. The lowest BCUT2D eigenvalue weighted by molar-refractivity contribution is -0.138. The minimum Gasteiger partial charge on any atom is -0.342 e. The number of carbonyl (C=O) groups excluding carboxylic acids is 3. The van der Waals surface area contributed by atoms with Crippen molar-refractivity contribution in [2.45, 2.75) is 19.8 Å². The smallest absolute Gasteiger partial charge is 0.244 e. The fourth-order valence-corrected chi connectivity index (χ4v) is 3.64. The minimum absolute atomic E-state index is 0.0910. The van der Waals surface area contributed by atoms with Gasteiger partial charge in [-0.3, -0.25) is 14.4 Å². The van der Waals surface area contributed by atoms with Crippen molar-refractivity contribution in [1.82, 2.24) is 9.80 Å². The molecule has 0 bridgehead atoms. The van der Waals surface area contributed by atoms with Crippen molar-refractivity contribution in [1.29, 1.82) is 0 Å². The number of amides is 3. The Labute approximate surface area is 179 Å². The van der Waals surface area contributed by atoms with Gasteiger partial charge in [-0.2, -0.15) is 0 Å². The van der Waals surface area contributed by atoms with Gasteiger partial charge in [-0.15, -0.1) is 0 Å². The topological polar surface area (TPSA) is 69.7 Å². The summed E-state index contributed by atoms with van der Waals surface area (Å²) in [5.74, 6) is -3.44. The summed E-state index contributed by atoms with van der Waals surface area (Å²) in [7, 11) is 0. The van der Waals surface area contributed by atoms with Gasteiger partial charge < -0.3 is 15.1 Å². The summed E-state index contributed by atoms with van der Waals surface area (Å²) in [4.78, 5) is 40.5.